The highest BCUT2D eigenvalue weighted by atomic mass is 79.9. The van der Waals surface area contributed by atoms with E-state index in [9.17, 15) is 15.2 Å². The van der Waals surface area contributed by atoms with E-state index in [1.165, 1.54) is 12.1 Å². The van der Waals surface area contributed by atoms with Gasteiger partial charge in [-0.1, -0.05) is 6.92 Å². The number of rotatable bonds is 3. The summed E-state index contributed by atoms with van der Waals surface area (Å²) in [7, 11) is 0. The topological polar surface area (TPSA) is 89.4 Å². The van der Waals surface area contributed by atoms with Gasteiger partial charge in [-0.05, 0) is 22.4 Å². The first-order chi connectivity index (χ1) is 6.97. The second-order valence-electron chi connectivity index (χ2n) is 3.14. The second kappa shape index (κ2) is 6.03. The quantitative estimate of drug-likeness (QED) is 0.663. The lowest BCUT2D eigenvalue weighted by Gasteiger charge is -2.12. The van der Waals surface area contributed by atoms with E-state index in [1.54, 1.807) is 0 Å². The Hall–Kier alpha value is -0.850. The van der Waals surface area contributed by atoms with E-state index in [1.807, 2.05) is 6.92 Å². The van der Waals surface area contributed by atoms with Gasteiger partial charge < -0.3 is 10.8 Å². The van der Waals surface area contributed by atoms with Crippen LogP contribution in [-0.2, 0) is 0 Å². The molecule has 5 nitrogen and oxygen atoms in total. The van der Waals surface area contributed by atoms with Crippen LogP contribution in [0.25, 0.3) is 0 Å². The summed E-state index contributed by atoms with van der Waals surface area (Å²) in [5.41, 5.74) is 6.03. The predicted octanol–water partition coefficient (Wildman–Crippen LogP) is 2.89. The molecule has 90 valence electrons. The minimum absolute atomic E-state index is 0. The number of halogens is 2. The average molecular weight is 312 g/mol. The van der Waals surface area contributed by atoms with Gasteiger partial charge in [-0.3, -0.25) is 10.1 Å². The van der Waals surface area contributed by atoms with Crippen molar-refractivity contribution in [2.24, 2.45) is 5.73 Å². The standard InChI is InChI=1S/C9H11BrN2O3.ClH/c1-2-8(11)6-3-5(12(14)15)4-7(10)9(6)13;/h3-4,8,13H,2,11H2,1H3;1H/t8-;/m0./s1. The van der Waals surface area contributed by atoms with Crippen LogP contribution in [0, 0.1) is 10.1 Å². The van der Waals surface area contributed by atoms with Gasteiger partial charge in [0.15, 0.2) is 0 Å². The Labute approximate surface area is 107 Å². The van der Waals surface area contributed by atoms with Crippen LogP contribution >= 0.6 is 28.3 Å². The molecular formula is C9H12BrClN2O3. The third-order valence-corrected chi connectivity index (χ3v) is 2.73. The third-order valence-electron chi connectivity index (χ3n) is 2.13. The number of nitrogens with two attached hydrogens (primary N) is 1. The van der Waals surface area contributed by atoms with Gasteiger partial charge in [0, 0.05) is 23.7 Å². The maximum atomic E-state index is 10.6. The van der Waals surface area contributed by atoms with Crippen molar-refractivity contribution in [1.29, 1.82) is 0 Å². The Morgan fingerprint density at radius 3 is 2.62 bits per heavy atom. The summed E-state index contributed by atoms with van der Waals surface area (Å²) >= 11 is 3.05. The average Bonchev–Trinajstić information content (AvgIpc) is 2.20. The van der Waals surface area contributed by atoms with E-state index in [4.69, 9.17) is 5.73 Å². The number of nitro groups is 1. The minimum atomic E-state index is -0.518. The Morgan fingerprint density at radius 1 is 1.62 bits per heavy atom. The Balaban J connectivity index is 0.00000225. The molecule has 1 aromatic rings. The smallest absolute Gasteiger partial charge is 0.271 e. The van der Waals surface area contributed by atoms with E-state index < -0.39 is 11.0 Å². The zero-order valence-electron chi connectivity index (χ0n) is 8.51. The van der Waals surface area contributed by atoms with Crippen LogP contribution in [0.15, 0.2) is 16.6 Å². The SMILES string of the molecule is CC[C@H](N)c1cc([N+](=O)[O-])cc(Br)c1O.Cl. The van der Waals surface area contributed by atoms with Gasteiger partial charge in [0.05, 0.1) is 9.40 Å². The third kappa shape index (κ3) is 3.07. The van der Waals surface area contributed by atoms with Gasteiger partial charge in [0.25, 0.3) is 5.69 Å². The van der Waals surface area contributed by atoms with Crippen LogP contribution in [0.2, 0.25) is 0 Å². The van der Waals surface area contributed by atoms with Crippen molar-refractivity contribution in [3.63, 3.8) is 0 Å². The summed E-state index contributed by atoms with van der Waals surface area (Å²) in [5, 5.41) is 20.2. The Bertz CT molecular complexity index is 401. The van der Waals surface area contributed by atoms with Crippen molar-refractivity contribution in [1.82, 2.24) is 0 Å². The number of nitro benzene ring substituents is 1. The monoisotopic (exact) mass is 310 g/mol. The van der Waals surface area contributed by atoms with Crippen molar-refractivity contribution in [3.05, 3.63) is 32.3 Å². The number of phenolic OH excluding ortho intramolecular Hbond substituents is 1. The number of hydrogen-bond acceptors (Lipinski definition) is 4. The van der Waals surface area contributed by atoms with Gasteiger partial charge in [-0.25, -0.2) is 0 Å². The van der Waals surface area contributed by atoms with E-state index in [0.717, 1.165) is 0 Å². The molecule has 0 aliphatic heterocycles. The maximum absolute atomic E-state index is 10.6. The van der Waals surface area contributed by atoms with Crippen molar-refractivity contribution in [3.8, 4) is 5.75 Å². The van der Waals surface area contributed by atoms with E-state index in [2.05, 4.69) is 15.9 Å². The highest BCUT2D eigenvalue weighted by molar-refractivity contribution is 9.10. The first-order valence-corrected chi connectivity index (χ1v) is 5.19. The zero-order chi connectivity index (χ0) is 11.6. The highest BCUT2D eigenvalue weighted by Crippen LogP contribution is 2.35. The molecule has 0 aliphatic carbocycles. The molecule has 16 heavy (non-hydrogen) atoms. The van der Waals surface area contributed by atoms with Crippen molar-refractivity contribution in [2.45, 2.75) is 19.4 Å². The molecular weight excluding hydrogens is 299 g/mol. The van der Waals surface area contributed by atoms with Gasteiger partial charge >= 0.3 is 0 Å². The molecule has 0 bridgehead atoms. The highest BCUT2D eigenvalue weighted by Gasteiger charge is 2.18. The van der Waals surface area contributed by atoms with Crippen LogP contribution < -0.4 is 5.73 Å². The fourth-order valence-corrected chi connectivity index (χ4v) is 1.68. The summed E-state index contributed by atoms with van der Waals surface area (Å²) < 4.78 is 0.288. The second-order valence-corrected chi connectivity index (χ2v) is 3.99. The fourth-order valence-electron chi connectivity index (χ4n) is 1.21. The molecule has 1 rings (SSSR count). The first-order valence-electron chi connectivity index (χ1n) is 4.39. The number of hydrogen-bond donors (Lipinski definition) is 2. The lowest BCUT2D eigenvalue weighted by molar-refractivity contribution is -0.385. The summed E-state index contributed by atoms with van der Waals surface area (Å²) in [6.07, 6.45) is 0.598. The number of non-ortho nitro benzene ring substituents is 1. The number of nitrogens with zero attached hydrogens (tertiary/aromatic N) is 1. The minimum Gasteiger partial charge on any atom is -0.506 e. The molecule has 0 fully saturated rings. The molecule has 1 atom stereocenters. The molecule has 0 heterocycles. The number of aromatic hydroxyl groups is 1. The molecule has 0 spiro atoms. The summed E-state index contributed by atoms with van der Waals surface area (Å²) in [4.78, 5) is 10.1. The van der Waals surface area contributed by atoms with Gasteiger partial charge in [-0.2, -0.15) is 0 Å². The molecule has 1 aromatic carbocycles. The van der Waals surface area contributed by atoms with E-state index >= 15 is 0 Å². The van der Waals surface area contributed by atoms with Gasteiger partial charge in [0.1, 0.15) is 5.75 Å². The number of benzene rings is 1. The molecule has 0 aromatic heterocycles. The largest absolute Gasteiger partial charge is 0.506 e. The lowest BCUT2D eigenvalue weighted by Crippen LogP contribution is -2.09. The molecule has 0 saturated heterocycles. The van der Waals surface area contributed by atoms with Crippen LogP contribution in [0.3, 0.4) is 0 Å². The Kier molecular flexibility index (Phi) is 5.71. The molecule has 7 heteroatoms. The van der Waals surface area contributed by atoms with Crippen LogP contribution in [0.4, 0.5) is 5.69 Å². The molecule has 3 N–H and O–H groups in total. The van der Waals surface area contributed by atoms with Crippen LogP contribution in [0.1, 0.15) is 24.9 Å². The molecule has 0 saturated carbocycles. The fraction of sp³-hybridized carbons (Fsp3) is 0.333. The van der Waals surface area contributed by atoms with Crippen molar-refractivity contribution in [2.75, 3.05) is 0 Å². The normalized spacial score (nSPS) is 11.7. The van der Waals surface area contributed by atoms with E-state index in [0.29, 0.717) is 12.0 Å². The van der Waals surface area contributed by atoms with Gasteiger partial charge in [-0.15, -0.1) is 12.4 Å². The summed E-state index contributed by atoms with van der Waals surface area (Å²) in [6.45, 7) is 1.84. The van der Waals surface area contributed by atoms with Crippen LogP contribution in [-0.4, -0.2) is 10.0 Å². The molecule has 0 unspecified atom stereocenters. The lowest BCUT2D eigenvalue weighted by atomic mass is 10.0. The summed E-state index contributed by atoms with van der Waals surface area (Å²) in [6, 6.07) is 2.15. The zero-order valence-corrected chi connectivity index (χ0v) is 10.9. The first kappa shape index (κ1) is 15.2. The van der Waals surface area contributed by atoms with Gasteiger partial charge in [0.2, 0.25) is 0 Å². The molecule has 0 radical (unpaired) electrons. The molecule has 0 aliphatic rings. The molecule has 0 amide bonds. The maximum Gasteiger partial charge on any atom is 0.271 e. The van der Waals surface area contributed by atoms with Crippen molar-refractivity contribution >= 4 is 34.0 Å². The predicted molar refractivity (Wildman–Crippen MR) is 66.9 cm³/mol. The van der Waals surface area contributed by atoms with Crippen molar-refractivity contribution < 1.29 is 10.0 Å². The summed E-state index contributed by atoms with van der Waals surface area (Å²) in [5.74, 6) is -0.0325. The number of phenols is 1. The van der Waals surface area contributed by atoms with Crippen LogP contribution in [0.5, 0.6) is 5.75 Å². The van der Waals surface area contributed by atoms with E-state index in [-0.39, 0.29) is 28.3 Å². The Morgan fingerprint density at radius 2 is 2.19 bits per heavy atom.